The molecule has 0 atom stereocenters. The lowest BCUT2D eigenvalue weighted by molar-refractivity contribution is -0.390. The predicted octanol–water partition coefficient (Wildman–Crippen LogP) is 1.99. The zero-order valence-corrected chi connectivity index (χ0v) is 8.58. The van der Waals surface area contributed by atoms with Crippen molar-refractivity contribution < 1.29 is 54.2 Å². The van der Waals surface area contributed by atoms with E-state index in [-0.39, 0.29) is 0 Å². The molecule has 0 saturated carbocycles. The summed E-state index contributed by atoms with van der Waals surface area (Å²) < 4.78 is 113. The monoisotopic (exact) mass is 308 g/mol. The third kappa shape index (κ3) is 2.87. The van der Waals surface area contributed by atoms with Crippen LogP contribution in [0.1, 0.15) is 0 Å². The Kier molecular flexibility index (Phi) is 4.74. The fourth-order valence-corrected chi connectivity index (χ4v) is 0.732. The van der Waals surface area contributed by atoms with Crippen LogP contribution in [-0.2, 0) is 9.53 Å². The van der Waals surface area contributed by atoms with Gasteiger partial charge in [0.1, 0.15) is 6.61 Å². The van der Waals surface area contributed by atoms with E-state index < -0.39 is 43.1 Å². The van der Waals surface area contributed by atoms with Gasteiger partial charge in [-0.1, -0.05) is 0 Å². The van der Waals surface area contributed by atoms with Gasteiger partial charge in [0, 0.05) is 0 Å². The van der Waals surface area contributed by atoms with Crippen LogP contribution in [0.25, 0.3) is 0 Å². The Morgan fingerprint density at radius 1 is 0.895 bits per heavy atom. The van der Waals surface area contributed by atoms with Crippen molar-refractivity contribution >= 4 is 5.97 Å². The zero-order chi connectivity index (χ0) is 15.7. The SMILES string of the molecule is O=C(OCCO)C(F)(F)C(F)(F)C(F)(F)C(F)(F)F. The predicted molar refractivity (Wildman–Crippen MR) is 38.9 cm³/mol. The van der Waals surface area contributed by atoms with Crippen LogP contribution in [0.3, 0.4) is 0 Å². The van der Waals surface area contributed by atoms with Crippen molar-refractivity contribution in [3.63, 3.8) is 0 Å². The molecule has 0 amide bonds. The summed E-state index contributed by atoms with van der Waals surface area (Å²) in [6.45, 7) is -2.40. The summed E-state index contributed by atoms with van der Waals surface area (Å²) >= 11 is 0. The van der Waals surface area contributed by atoms with E-state index in [1.165, 1.54) is 0 Å². The number of hydrogen-bond acceptors (Lipinski definition) is 3. The molecule has 0 aliphatic rings. The summed E-state index contributed by atoms with van der Waals surface area (Å²) in [6.07, 6.45) is -7.00. The Bertz CT molecular complexity index is 335. The Hall–Kier alpha value is -1.20. The van der Waals surface area contributed by atoms with Gasteiger partial charge in [-0.25, -0.2) is 4.79 Å². The summed E-state index contributed by atoms with van der Waals surface area (Å²) in [5.41, 5.74) is 0. The highest BCUT2D eigenvalue weighted by Crippen LogP contribution is 2.53. The summed E-state index contributed by atoms with van der Waals surface area (Å²) in [5, 5.41) is 8.04. The molecule has 0 saturated heterocycles. The second-order valence-electron chi connectivity index (χ2n) is 3.08. The van der Waals surface area contributed by atoms with E-state index >= 15 is 0 Å². The maximum atomic E-state index is 12.7. The van der Waals surface area contributed by atoms with E-state index in [0.29, 0.717) is 0 Å². The van der Waals surface area contributed by atoms with Gasteiger partial charge < -0.3 is 9.84 Å². The second-order valence-corrected chi connectivity index (χ2v) is 3.08. The number of esters is 1. The lowest BCUT2D eigenvalue weighted by Gasteiger charge is -2.32. The average Bonchev–Trinajstić information content (AvgIpc) is 2.23. The zero-order valence-electron chi connectivity index (χ0n) is 8.58. The van der Waals surface area contributed by atoms with E-state index in [1.54, 1.807) is 0 Å². The number of ether oxygens (including phenoxy) is 1. The minimum absolute atomic E-state index is 1.12. The molecule has 0 aromatic rings. The molecule has 0 bridgehead atoms. The number of aliphatic hydroxyl groups excluding tert-OH is 1. The maximum Gasteiger partial charge on any atom is 0.460 e. The minimum atomic E-state index is -7.15. The topological polar surface area (TPSA) is 46.5 Å². The molecule has 0 aromatic carbocycles. The maximum absolute atomic E-state index is 12.7. The van der Waals surface area contributed by atoms with Crippen molar-refractivity contribution in [1.29, 1.82) is 0 Å². The molecule has 0 rings (SSSR count). The lowest BCUT2D eigenvalue weighted by Crippen LogP contribution is -2.63. The molecule has 3 nitrogen and oxygen atoms in total. The highest BCUT2D eigenvalue weighted by Gasteiger charge is 2.84. The summed E-state index contributed by atoms with van der Waals surface area (Å²) in [7, 11) is 0. The van der Waals surface area contributed by atoms with Crippen molar-refractivity contribution in [1.82, 2.24) is 0 Å². The third-order valence-electron chi connectivity index (χ3n) is 1.73. The van der Waals surface area contributed by atoms with Gasteiger partial charge >= 0.3 is 29.9 Å². The van der Waals surface area contributed by atoms with E-state index in [4.69, 9.17) is 5.11 Å². The third-order valence-corrected chi connectivity index (χ3v) is 1.73. The average molecular weight is 308 g/mol. The number of aliphatic hydroxyl groups is 1. The number of carbonyl (C=O) groups excluding carboxylic acids is 1. The molecular formula is C7H5F9O3. The van der Waals surface area contributed by atoms with Crippen molar-refractivity contribution in [2.75, 3.05) is 13.2 Å². The minimum Gasteiger partial charge on any atom is -0.459 e. The first kappa shape index (κ1) is 17.8. The van der Waals surface area contributed by atoms with Gasteiger partial charge in [0.25, 0.3) is 0 Å². The fourth-order valence-electron chi connectivity index (χ4n) is 0.732. The Balaban J connectivity index is 5.45. The van der Waals surface area contributed by atoms with Crippen LogP contribution in [0.15, 0.2) is 0 Å². The number of rotatable bonds is 5. The molecule has 0 radical (unpaired) electrons. The van der Waals surface area contributed by atoms with Gasteiger partial charge in [0.15, 0.2) is 0 Å². The van der Waals surface area contributed by atoms with Crippen molar-refractivity contribution in [2.45, 2.75) is 23.9 Å². The summed E-state index contributed by atoms with van der Waals surface area (Å²) in [4.78, 5) is 10.4. The van der Waals surface area contributed by atoms with Crippen molar-refractivity contribution in [3.05, 3.63) is 0 Å². The molecule has 0 unspecified atom stereocenters. The number of carbonyl (C=O) groups is 1. The van der Waals surface area contributed by atoms with Crippen LogP contribution in [0.2, 0.25) is 0 Å². The molecule has 0 heterocycles. The largest absolute Gasteiger partial charge is 0.460 e. The lowest BCUT2D eigenvalue weighted by atomic mass is 10.0. The fraction of sp³-hybridized carbons (Fsp3) is 0.857. The van der Waals surface area contributed by atoms with Crippen LogP contribution in [0, 0.1) is 0 Å². The second kappa shape index (κ2) is 5.06. The van der Waals surface area contributed by atoms with Gasteiger partial charge in [0.05, 0.1) is 6.61 Å². The molecule has 0 aromatic heterocycles. The molecule has 19 heavy (non-hydrogen) atoms. The van der Waals surface area contributed by atoms with Crippen molar-refractivity contribution in [2.24, 2.45) is 0 Å². The molecule has 0 aliphatic carbocycles. The first-order valence-corrected chi connectivity index (χ1v) is 4.21. The Morgan fingerprint density at radius 2 is 1.32 bits per heavy atom. The van der Waals surface area contributed by atoms with Crippen LogP contribution in [0.4, 0.5) is 39.5 Å². The van der Waals surface area contributed by atoms with Gasteiger partial charge in [-0.2, -0.15) is 39.5 Å². The highest BCUT2D eigenvalue weighted by atomic mass is 19.4. The molecule has 0 aliphatic heterocycles. The van der Waals surface area contributed by atoms with Gasteiger partial charge in [-0.3, -0.25) is 0 Å². The van der Waals surface area contributed by atoms with Gasteiger partial charge in [0.2, 0.25) is 0 Å². The number of hydrogen-bond donors (Lipinski definition) is 1. The van der Waals surface area contributed by atoms with Crippen LogP contribution in [-0.4, -0.2) is 48.2 Å². The standard InChI is InChI=1S/C7H5F9O3/c8-4(9,3(18)19-2-1-17)5(10,11)6(12,13)7(14,15)16/h17H,1-2H2. The quantitative estimate of drug-likeness (QED) is 0.624. The normalized spacial score (nSPS) is 14.4. The molecule has 1 N–H and O–H groups in total. The van der Waals surface area contributed by atoms with Crippen LogP contribution in [0.5, 0.6) is 0 Å². The molecular weight excluding hydrogens is 303 g/mol. The van der Waals surface area contributed by atoms with E-state index in [1.807, 2.05) is 0 Å². The van der Waals surface area contributed by atoms with Crippen LogP contribution >= 0.6 is 0 Å². The smallest absolute Gasteiger partial charge is 0.459 e. The van der Waals surface area contributed by atoms with Crippen LogP contribution < -0.4 is 0 Å². The Labute approximate surface area is 98.5 Å². The molecule has 114 valence electrons. The van der Waals surface area contributed by atoms with Crippen molar-refractivity contribution in [3.8, 4) is 0 Å². The van der Waals surface area contributed by atoms with Gasteiger partial charge in [-0.05, 0) is 0 Å². The molecule has 0 spiro atoms. The Morgan fingerprint density at radius 3 is 1.63 bits per heavy atom. The van der Waals surface area contributed by atoms with Gasteiger partial charge in [-0.15, -0.1) is 0 Å². The van der Waals surface area contributed by atoms with E-state index in [2.05, 4.69) is 4.74 Å². The van der Waals surface area contributed by atoms with E-state index in [0.717, 1.165) is 0 Å². The number of alkyl halides is 9. The first-order chi connectivity index (χ1) is 8.23. The number of halogens is 9. The first-order valence-electron chi connectivity index (χ1n) is 4.21. The molecule has 12 heteroatoms. The summed E-state index contributed by atoms with van der Waals surface area (Å²) in [5.74, 6) is -23.9. The van der Waals surface area contributed by atoms with E-state index in [9.17, 15) is 44.3 Å². The summed E-state index contributed by atoms with van der Waals surface area (Å²) in [6, 6.07) is 0. The highest BCUT2D eigenvalue weighted by molar-refractivity contribution is 5.79. The molecule has 0 fully saturated rings.